The van der Waals surface area contributed by atoms with E-state index in [1.54, 1.807) is 96.5 Å². The molecule has 22 nitrogen and oxygen atoms in total. The molecule has 2 aromatic carbocycles. The fraction of sp³-hybridized carbons (Fsp3) is 0.186. The number of amides is 3. The molecule has 0 unspecified atom stereocenters. The molecule has 0 saturated heterocycles. The second-order valence-electron chi connectivity index (χ2n) is 14.4. The lowest BCUT2D eigenvalue weighted by molar-refractivity contribution is -0.115. The Morgan fingerprint density at radius 3 is 1.25 bits per heavy atom. The molecule has 6 aromatic heterocycles. The number of carbonyl (C=O) groups is 3. The van der Waals surface area contributed by atoms with Crippen molar-refractivity contribution in [3.05, 3.63) is 108 Å². The van der Waals surface area contributed by atoms with Crippen molar-refractivity contribution >= 4 is 75.3 Å². The minimum atomic E-state index is -0.668. The van der Waals surface area contributed by atoms with Crippen LogP contribution in [-0.4, -0.2) is 115 Å². The third kappa shape index (κ3) is 10.3. The van der Waals surface area contributed by atoms with Crippen molar-refractivity contribution in [2.75, 3.05) is 75.1 Å². The smallest absolute Gasteiger partial charge is 0.413 e. The number of hydrogen-bond acceptors (Lipinski definition) is 17. The highest BCUT2D eigenvalue weighted by Gasteiger charge is 2.25. The SMILES string of the molecule is CN(C)C=O.COC(=O)N(C)c1c(N)nc(-c2nn(Cc3ccccc3F)c3ncccc23)nc1N.COC(=O)N(C)c1c(N)nc(-c2nn(Cc3ccccc3F)c3ncccc23)nc1N. The van der Waals surface area contributed by atoms with E-state index in [0.717, 1.165) is 16.2 Å². The highest BCUT2D eigenvalue weighted by Crippen LogP contribution is 2.34. The van der Waals surface area contributed by atoms with Gasteiger partial charge in [0.25, 0.3) is 0 Å². The molecule has 8 rings (SSSR count). The summed E-state index contributed by atoms with van der Waals surface area (Å²) in [5, 5.41) is 10.4. The van der Waals surface area contributed by atoms with E-state index in [1.165, 1.54) is 45.3 Å². The van der Waals surface area contributed by atoms with Gasteiger partial charge in [-0.3, -0.25) is 14.6 Å². The van der Waals surface area contributed by atoms with Crippen LogP contribution in [0.25, 0.3) is 45.1 Å². The van der Waals surface area contributed by atoms with E-state index in [1.807, 2.05) is 0 Å². The maximum absolute atomic E-state index is 14.2. The largest absolute Gasteiger partial charge is 0.452 e. The number of halogens is 2. The molecule has 0 atom stereocenters. The lowest BCUT2D eigenvalue weighted by atomic mass is 10.2. The van der Waals surface area contributed by atoms with Crippen LogP contribution in [0, 0.1) is 11.6 Å². The van der Waals surface area contributed by atoms with Crippen LogP contribution in [0.2, 0.25) is 0 Å². The third-order valence-electron chi connectivity index (χ3n) is 9.65. The van der Waals surface area contributed by atoms with Gasteiger partial charge in [-0.1, -0.05) is 36.4 Å². The lowest BCUT2D eigenvalue weighted by Crippen LogP contribution is -2.28. The first-order valence-electron chi connectivity index (χ1n) is 19.8. The number of hydrogen-bond donors (Lipinski definition) is 4. The highest BCUT2D eigenvalue weighted by atomic mass is 19.1. The third-order valence-corrected chi connectivity index (χ3v) is 9.65. The van der Waals surface area contributed by atoms with Gasteiger partial charge in [0, 0.05) is 51.7 Å². The molecule has 0 aliphatic heterocycles. The number of carbonyl (C=O) groups excluding carboxylic acids is 3. The molecule has 6 heterocycles. The van der Waals surface area contributed by atoms with E-state index in [4.69, 9.17) is 22.9 Å². The summed E-state index contributed by atoms with van der Waals surface area (Å²) in [5.74, 6) is -0.448. The Morgan fingerprint density at radius 1 is 0.597 bits per heavy atom. The molecule has 8 aromatic rings. The van der Waals surface area contributed by atoms with E-state index in [0.29, 0.717) is 44.6 Å². The van der Waals surface area contributed by atoms with Crippen LogP contribution in [0.15, 0.2) is 85.2 Å². The van der Waals surface area contributed by atoms with Gasteiger partial charge in [0.1, 0.15) is 34.4 Å². The first-order chi connectivity index (χ1) is 32.1. The first-order valence-corrected chi connectivity index (χ1v) is 19.8. The fourth-order valence-corrected chi connectivity index (χ4v) is 6.48. The Labute approximate surface area is 380 Å². The number of rotatable bonds is 9. The minimum Gasteiger partial charge on any atom is -0.452 e. The average molecular weight is 918 g/mol. The summed E-state index contributed by atoms with van der Waals surface area (Å²) in [5.41, 5.74) is 27.2. The van der Waals surface area contributed by atoms with Crippen molar-refractivity contribution in [1.82, 2.24) is 54.4 Å². The van der Waals surface area contributed by atoms with Crippen LogP contribution in [0.5, 0.6) is 0 Å². The van der Waals surface area contributed by atoms with Gasteiger partial charge in [0.15, 0.2) is 46.2 Å². The van der Waals surface area contributed by atoms with Crippen molar-refractivity contribution in [3.8, 4) is 23.0 Å². The number of pyridine rings is 2. The van der Waals surface area contributed by atoms with E-state index in [2.05, 4.69) is 49.6 Å². The van der Waals surface area contributed by atoms with Crippen molar-refractivity contribution < 1.29 is 32.6 Å². The molecule has 0 radical (unpaired) electrons. The van der Waals surface area contributed by atoms with Gasteiger partial charge in [0.05, 0.1) is 38.1 Å². The van der Waals surface area contributed by atoms with Crippen molar-refractivity contribution in [2.24, 2.45) is 0 Å². The van der Waals surface area contributed by atoms with Crippen molar-refractivity contribution in [3.63, 3.8) is 0 Å². The number of benzene rings is 2. The quantitative estimate of drug-likeness (QED) is 0.144. The van der Waals surface area contributed by atoms with Gasteiger partial charge in [-0.2, -0.15) is 10.2 Å². The Bertz CT molecular complexity index is 2840. The standard InChI is InChI=1S/2C20H19FN8O2.C3H7NO/c2*1-28(20(30)31-2)15-16(22)25-18(26-17(15)23)14-12-7-5-9-24-19(12)29(27-14)10-11-6-3-4-8-13(11)21;1-4(2)3-5/h2*3-9H,10H2,1-2H3,(H4,22,23,25,26);3H,1-2H3. The number of aromatic nitrogens is 10. The number of nitrogens with two attached hydrogens (primary N) is 4. The summed E-state index contributed by atoms with van der Waals surface area (Å²) in [4.78, 5) is 62.7. The molecule has 0 fully saturated rings. The molecule has 8 N–H and O–H groups in total. The minimum absolute atomic E-state index is 0.0175. The summed E-state index contributed by atoms with van der Waals surface area (Å²) < 4.78 is 40.8. The fourth-order valence-electron chi connectivity index (χ4n) is 6.48. The molecule has 3 amide bonds. The maximum Gasteiger partial charge on any atom is 0.413 e. The van der Waals surface area contributed by atoms with Crippen LogP contribution >= 0.6 is 0 Å². The summed E-state index contributed by atoms with van der Waals surface area (Å²) >= 11 is 0. The van der Waals surface area contributed by atoms with Gasteiger partial charge in [-0.05, 0) is 36.4 Å². The Morgan fingerprint density at radius 2 is 0.940 bits per heavy atom. The van der Waals surface area contributed by atoms with Crippen LogP contribution in [0.1, 0.15) is 11.1 Å². The molecule has 0 aliphatic rings. The predicted molar refractivity (Wildman–Crippen MR) is 247 cm³/mol. The molecule has 24 heteroatoms. The monoisotopic (exact) mass is 917 g/mol. The Balaban J connectivity index is 0.000000201. The first kappa shape index (κ1) is 47.4. The zero-order valence-electron chi connectivity index (χ0n) is 37.0. The molecule has 67 heavy (non-hydrogen) atoms. The van der Waals surface area contributed by atoms with Crippen LogP contribution in [-0.2, 0) is 27.4 Å². The second kappa shape index (κ2) is 20.6. The molecular formula is C43H45F2N17O5. The normalized spacial score (nSPS) is 10.6. The topological polar surface area (TPSA) is 296 Å². The second-order valence-corrected chi connectivity index (χ2v) is 14.4. The number of ether oxygens (including phenoxy) is 2. The van der Waals surface area contributed by atoms with Gasteiger partial charge < -0.3 is 37.3 Å². The van der Waals surface area contributed by atoms with Crippen molar-refractivity contribution in [1.29, 1.82) is 0 Å². The van der Waals surface area contributed by atoms with Crippen LogP contribution in [0.3, 0.4) is 0 Å². The predicted octanol–water partition coefficient (Wildman–Crippen LogP) is 4.59. The number of nitrogen functional groups attached to an aromatic ring is 4. The molecule has 0 saturated carbocycles. The highest BCUT2D eigenvalue weighted by molar-refractivity contribution is 5.97. The number of anilines is 6. The van der Waals surface area contributed by atoms with E-state index in [-0.39, 0.29) is 71.0 Å². The summed E-state index contributed by atoms with van der Waals surface area (Å²) in [6, 6.07) is 19.9. The zero-order chi connectivity index (χ0) is 48.5. The van der Waals surface area contributed by atoms with Gasteiger partial charge in [-0.25, -0.2) is 57.6 Å². The molecule has 0 aliphatic carbocycles. The molecule has 0 bridgehead atoms. The maximum atomic E-state index is 14.2. The number of nitrogens with zero attached hydrogens (tertiary/aromatic N) is 13. The molecule has 346 valence electrons. The summed E-state index contributed by atoms with van der Waals surface area (Å²) in [7, 11) is 8.74. The van der Waals surface area contributed by atoms with Gasteiger partial charge >= 0.3 is 12.2 Å². The summed E-state index contributed by atoms with van der Waals surface area (Å²) in [6.07, 6.45) is 2.64. The van der Waals surface area contributed by atoms with Gasteiger partial charge in [0.2, 0.25) is 6.41 Å². The zero-order valence-corrected chi connectivity index (χ0v) is 37.0. The number of fused-ring (bicyclic) bond motifs is 2. The van der Waals surface area contributed by atoms with Crippen LogP contribution < -0.4 is 32.7 Å². The van der Waals surface area contributed by atoms with E-state index in [9.17, 15) is 23.2 Å². The van der Waals surface area contributed by atoms with E-state index >= 15 is 0 Å². The average Bonchev–Trinajstić information content (AvgIpc) is 3.88. The van der Waals surface area contributed by atoms with E-state index < -0.39 is 12.2 Å². The molecule has 0 spiro atoms. The lowest BCUT2D eigenvalue weighted by Gasteiger charge is -2.18. The Hall–Kier alpha value is -9.09. The van der Waals surface area contributed by atoms with Crippen molar-refractivity contribution in [2.45, 2.75) is 13.1 Å². The van der Waals surface area contributed by atoms with Crippen LogP contribution in [0.4, 0.5) is 53.0 Å². The summed E-state index contributed by atoms with van der Waals surface area (Å²) in [6.45, 7) is 0.322. The molecular weight excluding hydrogens is 873 g/mol. The Kier molecular flexibility index (Phi) is 14.6. The number of methoxy groups -OCH3 is 2. The van der Waals surface area contributed by atoms with Gasteiger partial charge in [-0.15, -0.1) is 0 Å².